The van der Waals surface area contributed by atoms with Crippen molar-refractivity contribution in [1.29, 1.82) is 0 Å². The van der Waals surface area contributed by atoms with Crippen molar-refractivity contribution >= 4 is 27.9 Å². The van der Waals surface area contributed by atoms with Gasteiger partial charge in [0.1, 0.15) is 11.4 Å². The molecule has 1 N–H and O–H groups in total. The maximum atomic E-state index is 13.5. The Morgan fingerprint density at radius 1 is 1.16 bits per heavy atom. The van der Waals surface area contributed by atoms with Gasteiger partial charge in [-0.2, -0.15) is 5.10 Å². The van der Waals surface area contributed by atoms with E-state index in [1.54, 1.807) is 11.0 Å². The number of benzene rings is 2. The predicted molar refractivity (Wildman–Crippen MR) is 123 cm³/mol. The third kappa shape index (κ3) is 3.95. The molecule has 0 aliphatic carbocycles. The number of rotatable bonds is 2. The Morgan fingerprint density at radius 3 is 2.69 bits per heavy atom. The Hall–Kier alpha value is -3.35. The van der Waals surface area contributed by atoms with Crippen molar-refractivity contribution in [3.8, 4) is 11.1 Å². The van der Waals surface area contributed by atoms with Crippen molar-refractivity contribution in [2.75, 3.05) is 13.1 Å². The molecule has 32 heavy (non-hydrogen) atoms. The second kappa shape index (κ2) is 7.65. The lowest BCUT2D eigenvalue weighted by Crippen LogP contribution is -2.42. The summed E-state index contributed by atoms with van der Waals surface area (Å²) in [6.07, 6.45) is 5.43. The molecule has 1 aliphatic rings. The van der Waals surface area contributed by atoms with E-state index in [9.17, 15) is 9.18 Å². The van der Waals surface area contributed by atoms with E-state index in [0.29, 0.717) is 13.1 Å². The summed E-state index contributed by atoms with van der Waals surface area (Å²) in [5, 5.41) is 6.91. The van der Waals surface area contributed by atoms with E-state index in [4.69, 9.17) is 9.84 Å². The molecule has 3 heterocycles. The standard InChI is InChI=1S/C25H27FN4O2/c1-25(2,3)32-24(31)29-10-8-19(9-11-29)30-15-17-5-4-16(12-22(17)28-30)21-14-27-23-13-18(26)6-7-20(21)23/h4-7,12-15,19,27H,8-11H2,1-3H3. The quantitative estimate of drug-likeness (QED) is 0.427. The second-order valence-electron chi connectivity index (χ2n) is 9.47. The lowest BCUT2D eigenvalue weighted by Gasteiger charge is -2.33. The summed E-state index contributed by atoms with van der Waals surface area (Å²) in [4.78, 5) is 17.2. The van der Waals surface area contributed by atoms with Crippen molar-refractivity contribution in [2.24, 2.45) is 0 Å². The molecule has 2 aromatic carbocycles. The van der Waals surface area contributed by atoms with Gasteiger partial charge >= 0.3 is 6.09 Å². The van der Waals surface area contributed by atoms with Gasteiger partial charge in [-0.05, 0) is 63.4 Å². The normalized spacial score (nSPS) is 15.6. The Labute approximate surface area is 186 Å². The fraction of sp³-hybridized carbons (Fsp3) is 0.360. The van der Waals surface area contributed by atoms with E-state index in [2.05, 4.69) is 29.4 Å². The first kappa shape index (κ1) is 20.5. The monoisotopic (exact) mass is 434 g/mol. The van der Waals surface area contributed by atoms with Gasteiger partial charge in [0.05, 0.1) is 11.6 Å². The number of nitrogens with zero attached hydrogens (tertiary/aromatic N) is 3. The van der Waals surface area contributed by atoms with E-state index in [1.165, 1.54) is 12.1 Å². The van der Waals surface area contributed by atoms with Gasteiger partial charge in [0.25, 0.3) is 0 Å². The number of halogens is 1. The molecule has 0 unspecified atom stereocenters. The molecule has 4 aromatic rings. The minimum atomic E-state index is -0.482. The zero-order valence-corrected chi connectivity index (χ0v) is 18.6. The Morgan fingerprint density at radius 2 is 1.94 bits per heavy atom. The van der Waals surface area contributed by atoms with Gasteiger partial charge in [0.15, 0.2) is 0 Å². The van der Waals surface area contributed by atoms with E-state index >= 15 is 0 Å². The van der Waals surface area contributed by atoms with Gasteiger partial charge in [-0.3, -0.25) is 4.68 Å². The van der Waals surface area contributed by atoms with Crippen LogP contribution in [-0.4, -0.2) is 44.4 Å². The number of amides is 1. The van der Waals surface area contributed by atoms with Crippen LogP contribution in [0.5, 0.6) is 0 Å². The number of carbonyl (C=O) groups excluding carboxylic acids is 1. The molecule has 7 heteroatoms. The number of nitrogens with one attached hydrogen (secondary N) is 1. The van der Waals surface area contributed by atoms with Gasteiger partial charge in [-0.15, -0.1) is 0 Å². The zero-order chi connectivity index (χ0) is 22.5. The number of hydrogen-bond acceptors (Lipinski definition) is 3. The number of ether oxygens (including phenoxy) is 1. The van der Waals surface area contributed by atoms with E-state index in [1.807, 2.05) is 31.6 Å². The van der Waals surface area contributed by atoms with Crippen molar-refractivity contribution in [1.82, 2.24) is 19.7 Å². The smallest absolute Gasteiger partial charge is 0.410 e. The Balaban J connectivity index is 1.34. The molecule has 166 valence electrons. The summed E-state index contributed by atoms with van der Waals surface area (Å²) in [6, 6.07) is 11.3. The number of likely N-dealkylation sites (tertiary alicyclic amines) is 1. The zero-order valence-electron chi connectivity index (χ0n) is 18.6. The molecule has 1 saturated heterocycles. The van der Waals surface area contributed by atoms with Crippen LogP contribution in [0, 0.1) is 5.82 Å². The molecule has 1 amide bonds. The molecule has 5 rings (SSSR count). The van der Waals surface area contributed by atoms with Gasteiger partial charge in [-0.1, -0.05) is 12.1 Å². The van der Waals surface area contributed by atoms with Gasteiger partial charge in [0.2, 0.25) is 0 Å². The topological polar surface area (TPSA) is 63.1 Å². The first-order valence-corrected chi connectivity index (χ1v) is 11.0. The van der Waals surface area contributed by atoms with Crippen molar-refractivity contribution in [2.45, 2.75) is 45.3 Å². The number of aromatic amines is 1. The minimum Gasteiger partial charge on any atom is -0.444 e. The third-order valence-electron chi connectivity index (χ3n) is 5.97. The molecule has 2 aromatic heterocycles. The highest BCUT2D eigenvalue weighted by molar-refractivity contribution is 5.97. The number of H-pyrrole nitrogens is 1. The van der Waals surface area contributed by atoms with Crippen LogP contribution in [-0.2, 0) is 4.74 Å². The second-order valence-corrected chi connectivity index (χ2v) is 9.47. The van der Waals surface area contributed by atoms with Gasteiger partial charge in [0, 0.05) is 47.3 Å². The van der Waals surface area contributed by atoms with Gasteiger partial charge in [-0.25, -0.2) is 9.18 Å². The Bertz CT molecular complexity index is 1290. The summed E-state index contributed by atoms with van der Waals surface area (Å²) < 4.78 is 21.0. The molecule has 1 fully saturated rings. The van der Waals surface area contributed by atoms with Crippen LogP contribution in [0.2, 0.25) is 0 Å². The van der Waals surface area contributed by atoms with Crippen LogP contribution >= 0.6 is 0 Å². The summed E-state index contributed by atoms with van der Waals surface area (Å²) >= 11 is 0. The molecule has 0 bridgehead atoms. The SMILES string of the molecule is CC(C)(C)OC(=O)N1CCC(n2cc3ccc(-c4c[nH]c5cc(F)ccc45)cc3n2)CC1. The van der Waals surface area contributed by atoms with E-state index < -0.39 is 5.60 Å². The fourth-order valence-electron chi connectivity index (χ4n) is 4.37. The molecule has 6 nitrogen and oxygen atoms in total. The minimum absolute atomic E-state index is 0.246. The summed E-state index contributed by atoms with van der Waals surface area (Å²) in [5.74, 6) is -0.252. The molecular weight excluding hydrogens is 407 g/mol. The van der Waals surface area contributed by atoms with Crippen LogP contribution in [0.25, 0.3) is 32.9 Å². The first-order chi connectivity index (χ1) is 15.3. The highest BCUT2D eigenvalue weighted by Gasteiger charge is 2.28. The lowest BCUT2D eigenvalue weighted by atomic mass is 10.0. The third-order valence-corrected chi connectivity index (χ3v) is 5.97. The highest BCUT2D eigenvalue weighted by Crippen LogP contribution is 2.32. The van der Waals surface area contributed by atoms with E-state index in [0.717, 1.165) is 45.8 Å². The van der Waals surface area contributed by atoms with Crippen LogP contribution in [0.15, 0.2) is 48.8 Å². The molecule has 0 spiro atoms. The average Bonchev–Trinajstić information content (AvgIpc) is 3.35. The number of carbonyl (C=O) groups is 1. The van der Waals surface area contributed by atoms with Crippen molar-refractivity contribution in [3.63, 3.8) is 0 Å². The Kier molecular flexibility index (Phi) is 4.92. The van der Waals surface area contributed by atoms with Crippen LogP contribution < -0.4 is 0 Å². The van der Waals surface area contributed by atoms with Crippen LogP contribution in [0.3, 0.4) is 0 Å². The lowest BCUT2D eigenvalue weighted by molar-refractivity contribution is 0.0185. The summed E-state index contributed by atoms with van der Waals surface area (Å²) in [6.45, 7) is 6.97. The predicted octanol–water partition coefficient (Wildman–Crippen LogP) is 5.90. The van der Waals surface area contributed by atoms with Crippen molar-refractivity contribution in [3.05, 3.63) is 54.6 Å². The van der Waals surface area contributed by atoms with Crippen molar-refractivity contribution < 1.29 is 13.9 Å². The molecular formula is C25H27FN4O2. The van der Waals surface area contributed by atoms with E-state index in [-0.39, 0.29) is 18.0 Å². The molecule has 0 saturated carbocycles. The maximum Gasteiger partial charge on any atom is 0.410 e. The first-order valence-electron chi connectivity index (χ1n) is 11.0. The number of fused-ring (bicyclic) bond motifs is 2. The fourth-order valence-corrected chi connectivity index (χ4v) is 4.37. The molecule has 0 radical (unpaired) electrons. The molecule has 0 atom stereocenters. The highest BCUT2D eigenvalue weighted by atomic mass is 19.1. The molecule has 1 aliphatic heterocycles. The summed E-state index contributed by atoms with van der Waals surface area (Å²) in [7, 11) is 0. The average molecular weight is 435 g/mol. The van der Waals surface area contributed by atoms with Crippen LogP contribution in [0.1, 0.15) is 39.7 Å². The number of hydrogen-bond donors (Lipinski definition) is 1. The number of aromatic nitrogens is 3. The van der Waals surface area contributed by atoms with Crippen LogP contribution in [0.4, 0.5) is 9.18 Å². The number of piperidine rings is 1. The van der Waals surface area contributed by atoms with Gasteiger partial charge < -0.3 is 14.6 Å². The summed E-state index contributed by atoms with van der Waals surface area (Å²) in [5.41, 5.74) is 3.29. The largest absolute Gasteiger partial charge is 0.444 e. The maximum absolute atomic E-state index is 13.5.